The monoisotopic (exact) mass is 612 g/mol. The molecule has 9 heteroatoms. The quantitative estimate of drug-likeness (QED) is 0.190. The van der Waals surface area contributed by atoms with Crippen molar-refractivity contribution in [2.45, 2.75) is 46.2 Å². The minimum Gasteiger partial charge on any atom is -0.495 e. The Bertz CT molecular complexity index is 1200. The van der Waals surface area contributed by atoms with Gasteiger partial charge in [0.1, 0.15) is 12.3 Å². The Morgan fingerprint density at radius 2 is 1.70 bits per heavy atom. The van der Waals surface area contributed by atoms with Crippen LogP contribution in [0.3, 0.4) is 0 Å². The Morgan fingerprint density at radius 3 is 2.42 bits per heavy atom. The Labute approximate surface area is 246 Å². The Morgan fingerprint density at radius 1 is 0.950 bits per heavy atom. The molecule has 1 aromatic heterocycles. The van der Waals surface area contributed by atoms with E-state index in [1.54, 1.807) is 24.1 Å². The molecule has 1 heterocycles. The van der Waals surface area contributed by atoms with E-state index in [-0.39, 0.29) is 18.5 Å². The molecule has 0 fully saturated rings. The summed E-state index contributed by atoms with van der Waals surface area (Å²) in [6.07, 6.45) is 4.53. The molecule has 0 aliphatic carbocycles. The number of benzene rings is 2. The van der Waals surface area contributed by atoms with Crippen LogP contribution in [0.4, 0.5) is 10.5 Å². The standard InChI is InChI=1S/C31H41BrN4O4/c1-4-6-18-35(23-27-11-9-19-34(27)22-25-14-16-26(32)17-15-25)30(37)24-36(20-10-21-40-5-2)31(38)33-28-12-7-8-13-29(28)39-3/h7-9,11-17,19H,4-6,10,18,20-24H2,1-3H3,(H,33,38). The van der Waals surface area contributed by atoms with Crippen molar-refractivity contribution in [1.29, 1.82) is 0 Å². The largest absolute Gasteiger partial charge is 0.495 e. The molecule has 8 nitrogen and oxygen atoms in total. The molecule has 0 bridgehead atoms. The maximum absolute atomic E-state index is 13.7. The average Bonchev–Trinajstić information content (AvgIpc) is 3.40. The maximum Gasteiger partial charge on any atom is 0.322 e. The van der Waals surface area contributed by atoms with Crippen LogP contribution >= 0.6 is 15.9 Å². The minimum absolute atomic E-state index is 0.0236. The van der Waals surface area contributed by atoms with E-state index in [0.717, 1.165) is 29.6 Å². The Hall–Kier alpha value is -3.30. The van der Waals surface area contributed by atoms with Crippen molar-refractivity contribution in [2.75, 3.05) is 45.3 Å². The van der Waals surface area contributed by atoms with Crippen LogP contribution in [0.25, 0.3) is 0 Å². The number of amides is 3. The van der Waals surface area contributed by atoms with Crippen LogP contribution in [0, 0.1) is 0 Å². The van der Waals surface area contributed by atoms with E-state index in [1.165, 1.54) is 5.56 Å². The fraction of sp³-hybridized carbons (Fsp3) is 0.419. The Balaban J connectivity index is 1.74. The molecule has 0 atom stereocenters. The van der Waals surface area contributed by atoms with E-state index in [9.17, 15) is 9.59 Å². The number of nitrogens with one attached hydrogen (secondary N) is 1. The van der Waals surface area contributed by atoms with Gasteiger partial charge in [-0.25, -0.2) is 4.79 Å². The first-order valence-electron chi connectivity index (χ1n) is 13.9. The number of unbranched alkanes of at least 4 members (excludes halogenated alkanes) is 1. The number of para-hydroxylation sites is 2. The molecule has 0 radical (unpaired) electrons. The molecule has 3 amide bonds. The molecular formula is C31H41BrN4O4. The molecule has 0 aliphatic rings. The third-order valence-corrected chi connectivity index (χ3v) is 7.09. The van der Waals surface area contributed by atoms with Crippen LogP contribution in [0.2, 0.25) is 0 Å². The van der Waals surface area contributed by atoms with Gasteiger partial charge in [-0.1, -0.05) is 53.5 Å². The van der Waals surface area contributed by atoms with Crippen LogP contribution in [-0.2, 0) is 22.6 Å². The van der Waals surface area contributed by atoms with E-state index < -0.39 is 0 Å². The number of ether oxygens (including phenoxy) is 2. The summed E-state index contributed by atoms with van der Waals surface area (Å²) in [6.45, 7) is 7.37. The van der Waals surface area contributed by atoms with Crippen molar-refractivity contribution in [3.8, 4) is 5.75 Å². The number of aromatic nitrogens is 1. The molecule has 216 valence electrons. The highest BCUT2D eigenvalue weighted by molar-refractivity contribution is 9.10. The van der Waals surface area contributed by atoms with Crippen LogP contribution in [0.15, 0.2) is 71.3 Å². The van der Waals surface area contributed by atoms with Gasteiger partial charge in [0, 0.05) is 49.2 Å². The van der Waals surface area contributed by atoms with Gasteiger partial charge >= 0.3 is 6.03 Å². The summed E-state index contributed by atoms with van der Waals surface area (Å²) in [6, 6.07) is 19.2. The van der Waals surface area contributed by atoms with Crippen LogP contribution < -0.4 is 10.1 Å². The van der Waals surface area contributed by atoms with Gasteiger partial charge in [-0.15, -0.1) is 0 Å². The topological polar surface area (TPSA) is 76.0 Å². The number of hydrogen-bond donors (Lipinski definition) is 1. The second kappa shape index (κ2) is 16.7. The smallest absolute Gasteiger partial charge is 0.322 e. The van der Waals surface area contributed by atoms with Gasteiger partial charge in [0.15, 0.2) is 0 Å². The van der Waals surface area contributed by atoms with Crippen molar-refractivity contribution in [2.24, 2.45) is 0 Å². The second-order valence-electron chi connectivity index (χ2n) is 9.53. The number of halogens is 1. The molecule has 0 saturated carbocycles. The van der Waals surface area contributed by atoms with E-state index in [4.69, 9.17) is 9.47 Å². The maximum atomic E-state index is 13.7. The number of hydrogen-bond acceptors (Lipinski definition) is 4. The minimum atomic E-state index is -0.344. The SMILES string of the molecule is CCCCN(Cc1cccn1Cc1ccc(Br)cc1)C(=O)CN(CCCOCC)C(=O)Nc1ccccc1OC. The number of rotatable bonds is 16. The first kappa shape index (κ1) is 31.2. The summed E-state index contributed by atoms with van der Waals surface area (Å²) in [5, 5.41) is 2.92. The number of carbonyl (C=O) groups is 2. The highest BCUT2D eigenvalue weighted by Crippen LogP contribution is 2.23. The first-order chi connectivity index (χ1) is 19.4. The lowest BCUT2D eigenvalue weighted by atomic mass is 10.2. The molecular weight excluding hydrogens is 572 g/mol. The van der Waals surface area contributed by atoms with Gasteiger partial charge in [-0.3, -0.25) is 4.79 Å². The molecule has 0 spiro atoms. The number of methoxy groups -OCH3 is 1. The van der Waals surface area contributed by atoms with Crippen molar-refractivity contribution < 1.29 is 19.1 Å². The van der Waals surface area contributed by atoms with Gasteiger partial charge < -0.3 is 29.2 Å². The van der Waals surface area contributed by atoms with E-state index >= 15 is 0 Å². The molecule has 40 heavy (non-hydrogen) atoms. The first-order valence-corrected chi connectivity index (χ1v) is 14.7. The molecule has 0 unspecified atom stereocenters. The van der Waals surface area contributed by atoms with E-state index in [0.29, 0.717) is 50.7 Å². The average molecular weight is 614 g/mol. The predicted molar refractivity (Wildman–Crippen MR) is 163 cm³/mol. The summed E-state index contributed by atoms with van der Waals surface area (Å²) < 4.78 is 14.1. The lowest BCUT2D eigenvalue weighted by Crippen LogP contribution is -2.45. The van der Waals surface area contributed by atoms with Crippen molar-refractivity contribution in [3.05, 3.63) is 82.6 Å². The zero-order valence-corrected chi connectivity index (χ0v) is 25.4. The number of anilines is 1. The van der Waals surface area contributed by atoms with E-state index in [2.05, 4.69) is 50.9 Å². The van der Waals surface area contributed by atoms with E-state index in [1.807, 2.05) is 48.4 Å². The van der Waals surface area contributed by atoms with Gasteiger partial charge in [-0.05, 0) is 61.7 Å². The lowest BCUT2D eigenvalue weighted by Gasteiger charge is -2.28. The molecule has 1 N–H and O–H groups in total. The van der Waals surface area contributed by atoms with Crippen molar-refractivity contribution in [3.63, 3.8) is 0 Å². The molecule has 0 aliphatic heterocycles. The van der Waals surface area contributed by atoms with Gasteiger partial charge in [0.2, 0.25) is 5.91 Å². The third-order valence-electron chi connectivity index (χ3n) is 6.56. The van der Waals surface area contributed by atoms with Gasteiger partial charge in [-0.2, -0.15) is 0 Å². The second-order valence-corrected chi connectivity index (χ2v) is 10.4. The van der Waals surface area contributed by atoms with Crippen LogP contribution in [-0.4, -0.2) is 66.3 Å². The zero-order chi connectivity index (χ0) is 28.7. The lowest BCUT2D eigenvalue weighted by molar-refractivity contribution is -0.132. The molecule has 0 saturated heterocycles. The Kier molecular flexibility index (Phi) is 13.1. The van der Waals surface area contributed by atoms with Crippen molar-refractivity contribution >= 4 is 33.6 Å². The number of nitrogens with zero attached hydrogens (tertiary/aromatic N) is 3. The third kappa shape index (κ3) is 9.71. The van der Waals surface area contributed by atoms with Crippen LogP contribution in [0.5, 0.6) is 5.75 Å². The molecule has 2 aromatic carbocycles. The highest BCUT2D eigenvalue weighted by atomic mass is 79.9. The molecule has 3 rings (SSSR count). The summed E-state index contributed by atoms with van der Waals surface area (Å²) >= 11 is 3.49. The number of carbonyl (C=O) groups excluding carboxylic acids is 2. The highest BCUT2D eigenvalue weighted by Gasteiger charge is 2.23. The summed E-state index contributed by atoms with van der Waals surface area (Å²) in [5.41, 5.74) is 2.79. The van der Waals surface area contributed by atoms with Gasteiger partial charge in [0.25, 0.3) is 0 Å². The summed E-state index contributed by atoms with van der Waals surface area (Å²) in [4.78, 5) is 30.5. The predicted octanol–water partition coefficient (Wildman–Crippen LogP) is 6.40. The summed E-state index contributed by atoms with van der Waals surface area (Å²) in [7, 11) is 1.56. The van der Waals surface area contributed by atoms with Gasteiger partial charge in [0.05, 0.1) is 19.3 Å². The van der Waals surface area contributed by atoms with Crippen molar-refractivity contribution in [1.82, 2.24) is 14.4 Å². The zero-order valence-electron chi connectivity index (χ0n) is 23.8. The van der Waals surface area contributed by atoms with Crippen LogP contribution in [0.1, 0.15) is 44.4 Å². The number of urea groups is 1. The fourth-order valence-corrected chi connectivity index (χ4v) is 4.59. The molecule has 3 aromatic rings. The normalized spacial score (nSPS) is 10.8. The summed E-state index contributed by atoms with van der Waals surface area (Å²) in [5.74, 6) is 0.476. The fourth-order valence-electron chi connectivity index (χ4n) is 4.33.